The van der Waals surface area contributed by atoms with Gasteiger partial charge in [-0.1, -0.05) is 17.3 Å². The van der Waals surface area contributed by atoms with E-state index in [0.717, 1.165) is 49.3 Å². The molecule has 2 aromatic heterocycles. The lowest BCUT2D eigenvalue weighted by Gasteiger charge is -2.35. The molecule has 3 heterocycles. The number of pyridine rings is 1. The average Bonchev–Trinajstić information content (AvgIpc) is 3.23. The van der Waals surface area contributed by atoms with Gasteiger partial charge in [-0.05, 0) is 43.7 Å². The fourth-order valence-electron chi connectivity index (χ4n) is 3.62. The number of nitrogens with zero attached hydrogens (tertiary/aromatic N) is 6. The summed E-state index contributed by atoms with van der Waals surface area (Å²) in [5.41, 5.74) is 2.70. The second kappa shape index (κ2) is 9.33. The number of hydrogen-bond acceptors (Lipinski definition) is 7. The van der Waals surface area contributed by atoms with Crippen LogP contribution in [0.25, 0.3) is 5.82 Å². The van der Waals surface area contributed by atoms with Gasteiger partial charge in [0.15, 0.2) is 15.7 Å². The highest BCUT2D eigenvalue weighted by Gasteiger charge is 2.20. The van der Waals surface area contributed by atoms with Crippen LogP contribution in [0.15, 0.2) is 48.8 Å². The molecule has 3 aromatic rings. The standard InChI is InChI=1S/C22H27FN6O2S/c1-17(2)32(30,31)16-18-4-3-5-21(12-18)28-10-8-27(9-11-28)14-20-15-29(26-25-20)22-7-6-19(23)13-24-22/h3-7,12-13,15,17H,8-11,14,16H2,1-2H3. The predicted molar refractivity (Wildman–Crippen MR) is 121 cm³/mol. The number of benzene rings is 1. The van der Waals surface area contributed by atoms with Crippen LogP contribution in [0.3, 0.4) is 0 Å². The molecule has 0 aliphatic carbocycles. The van der Waals surface area contributed by atoms with E-state index in [1.54, 1.807) is 24.6 Å². The van der Waals surface area contributed by atoms with Crippen molar-refractivity contribution >= 4 is 15.5 Å². The fraction of sp³-hybridized carbons (Fsp3) is 0.409. The second-order valence-corrected chi connectivity index (χ2v) is 10.8. The van der Waals surface area contributed by atoms with Crippen molar-refractivity contribution in [2.24, 2.45) is 0 Å². The number of aromatic nitrogens is 4. The number of halogens is 1. The lowest BCUT2D eigenvalue weighted by Crippen LogP contribution is -2.46. The first-order chi connectivity index (χ1) is 15.3. The van der Waals surface area contributed by atoms with Gasteiger partial charge in [-0.3, -0.25) is 4.90 Å². The molecule has 0 bridgehead atoms. The van der Waals surface area contributed by atoms with E-state index < -0.39 is 9.84 Å². The van der Waals surface area contributed by atoms with Crippen molar-refractivity contribution in [2.75, 3.05) is 31.1 Å². The third kappa shape index (κ3) is 5.31. The predicted octanol–water partition coefficient (Wildman–Crippen LogP) is 2.45. The minimum Gasteiger partial charge on any atom is -0.369 e. The molecule has 0 unspecified atom stereocenters. The summed E-state index contributed by atoms with van der Waals surface area (Å²) >= 11 is 0. The van der Waals surface area contributed by atoms with Gasteiger partial charge >= 0.3 is 0 Å². The average molecular weight is 459 g/mol. The summed E-state index contributed by atoms with van der Waals surface area (Å²) in [4.78, 5) is 8.60. The Hall–Kier alpha value is -2.85. The van der Waals surface area contributed by atoms with E-state index in [1.807, 2.05) is 30.5 Å². The first-order valence-electron chi connectivity index (χ1n) is 10.6. The number of rotatable bonds is 7. The molecule has 4 rings (SSSR count). The molecule has 0 amide bonds. The number of anilines is 1. The van der Waals surface area contributed by atoms with Crippen LogP contribution in [0.1, 0.15) is 25.1 Å². The van der Waals surface area contributed by atoms with E-state index in [1.165, 1.54) is 6.07 Å². The molecule has 1 aliphatic heterocycles. The highest BCUT2D eigenvalue weighted by molar-refractivity contribution is 7.91. The zero-order valence-electron chi connectivity index (χ0n) is 18.2. The van der Waals surface area contributed by atoms with Gasteiger partial charge in [-0.15, -0.1) is 5.10 Å². The Morgan fingerprint density at radius 1 is 1.09 bits per heavy atom. The Labute approximate surface area is 187 Å². The summed E-state index contributed by atoms with van der Waals surface area (Å²) in [5, 5.41) is 7.92. The van der Waals surface area contributed by atoms with Crippen LogP contribution in [0.2, 0.25) is 0 Å². The molecule has 1 fully saturated rings. The molecule has 10 heteroatoms. The lowest BCUT2D eigenvalue weighted by atomic mass is 10.2. The van der Waals surface area contributed by atoms with Crippen molar-refractivity contribution in [1.82, 2.24) is 24.9 Å². The van der Waals surface area contributed by atoms with Gasteiger partial charge in [0.25, 0.3) is 0 Å². The third-order valence-corrected chi connectivity index (χ3v) is 7.78. The van der Waals surface area contributed by atoms with Crippen LogP contribution in [0, 0.1) is 5.82 Å². The molecule has 1 aromatic carbocycles. The van der Waals surface area contributed by atoms with Crippen LogP contribution in [-0.4, -0.2) is 64.7 Å². The van der Waals surface area contributed by atoms with E-state index in [2.05, 4.69) is 25.1 Å². The first-order valence-corrected chi connectivity index (χ1v) is 12.3. The zero-order chi connectivity index (χ0) is 22.7. The first kappa shape index (κ1) is 22.3. The Bertz CT molecular complexity index is 1160. The summed E-state index contributed by atoms with van der Waals surface area (Å²) in [6.07, 6.45) is 2.97. The molecule has 32 heavy (non-hydrogen) atoms. The van der Waals surface area contributed by atoms with Gasteiger partial charge in [0.2, 0.25) is 0 Å². The molecule has 1 saturated heterocycles. The third-order valence-electron chi connectivity index (χ3n) is 5.61. The van der Waals surface area contributed by atoms with Crippen molar-refractivity contribution in [2.45, 2.75) is 31.4 Å². The van der Waals surface area contributed by atoms with Crippen molar-refractivity contribution in [3.63, 3.8) is 0 Å². The van der Waals surface area contributed by atoms with E-state index in [9.17, 15) is 12.8 Å². The summed E-state index contributed by atoms with van der Waals surface area (Å²) < 4.78 is 39.1. The zero-order valence-corrected chi connectivity index (χ0v) is 19.0. The molecular weight excluding hydrogens is 431 g/mol. The van der Waals surface area contributed by atoms with Gasteiger partial charge in [-0.25, -0.2) is 22.5 Å². The highest BCUT2D eigenvalue weighted by Crippen LogP contribution is 2.21. The molecule has 0 atom stereocenters. The molecule has 0 N–H and O–H groups in total. The molecule has 0 saturated carbocycles. The van der Waals surface area contributed by atoms with E-state index in [0.29, 0.717) is 12.4 Å². The molecular formula is C22H27FN6O2S. The fourth-order valence-corrected chi connectivity index (χ4v) is 4.60. The number of sulfone groups is 1. The van der Waals surface area contributed by atoms with Crippen LogP contribution < -0.4 is 4.90 Å². The summed E-state index contributed by atoms with van der Waals surface area (Å²) in [7, 11) is -3.13. The smallest absolute Gasteiger partial charge is 0.156 e. The monoisotopic (exact) mass is 458 g/mol. The maximum absolute atomic E-state index is 13.1. The highest BCUT2D eigenvalue weighted by atomic mass is 32.2. The van der Waals surface area contributed by atoms with Crippen LogP contribution in [0.5, 0.6) is 0 Å². The SMILES string of the molecule is CC(C)S(=O)(=O)Cc1cccc(N2CCN(Cc3cn(-c4ccc(F)cn4)nn3)CC2)c1. The van der Waals surface area contributed by atoms with E-state index >= 15 is 0 Å². The minimum atomic E-state index is -3.13. The van der Waals surface area contributed by atoms with Gasteiger partial charge in [0, 0.05) is 38.4 Å². The quantitative estimate of drug-likeness (QED) is 0.538. The lowest BCUT2D eigenvalue weighted by molar-refractivity contribution is 0.247. The van der Waals surface area contributed by atoms with Crippen molar-refractivity contribution < 1.29 is 12.8 Å². The Kier molecular flexibility index (Phi) is 6.52. The molecule has 0 spiro atoms. The summed E-state index contributed by atoms with van der Waals surface area (Å²) in [6.45, 7) is 7.50. The second-order valence-electron chi connectivity index (χ2n) is 8.28. The van der Waals surface area contributed by atoms with Crippen LogP contribution in [0.4, 0.5) is 10.1 Å². The van der Waals surface area contributed by atoms with Gasteiger partial charge in [0.05, 0.1) is 29.1 Å². The van der Waals surface area contributed by atoms with Crippen LogP contribution in [-0.2, 0) is 22.1 Å². The van der Waals surface area contributed by atoms with Gasteiger partial charge in [-0.2, -0.15) is 0 Å². The topological polar surface area (TPSA) is 84.2 Å². The summed E-state index contributed by atoms with van der Waals surface area (Å²) in [5.74, 6) is 0.199. The summed E-state index contributed by atoms with van der Waals surface area (Å²) in [6, 6.07) is 10.7. The van der Waals surface area contributed by atoms with Gasteiger partial charge < -0.3 is 4.90 Å². The minimum absolute atomic E-state index is 0.0665. The molecule has 1 aliphatic rings. The number of hydrogen-bond donors (Lipinski definition) is 0. The maximum Gasteiger partial charge on any atom is 0.156 e. The van der Waals surface area contributed by atoms with Crippen molar-refractivity contribution in [3.05, 3.63) is 65.9 Å². The normalized spacial score (nSPS) is 15.4. The maximum atomic E-state index is 13.1. The Balaban J connectivity index is 1.34. The van der Waals surface area contributed by atoms with Crippen molar-refractivity contribution in [1.29, 1.82) is 0 Å². The van der Waals surface area contributed by atoms with E-state index in [-0.39, 0.29) is 16.8 Å². The molecule has 170 valence electrons. The molecule has 8 nitrogen and oxygen atoms in total. The Morgan fingerprint density at radius 3 is 2.56 bits per heavy atom. The number of piperazine rings is 1. The van der Waals surface area contributed by atoms with E-state index in [4.69, 9.17) is 0 Å². The molecule has 0 radical (unpaired) electrons. The Morgan fingerprint density at radius 2 is 1.88 bits per heavy atom. The largest absolute Gasteiger partial charge is 0.369 e. The van der Waals surface area contributed by atoms with Gasteiger partial charge in [0.1, 0.15) is 5.82 Å². The van der Waals surface area contributed by atoms with Crippen molar-refractivity contribution in [3.8, 4) is 5.82 Å². The van der Waals surface area contributed by atoms with Crippen LogP contribution >= 0.6 is 0 Å².